The molecule has 0 spiro atoms. The lowest BCUT2D eigenvalue weighted by molar-refractivity contribution is 0.0853. The quantitative estimate of drug-likeness (QED) is 0.883. The number of aromatic hydroxyl groups is 1. The van der Waals surface area contributed by atoms with Gasteiger partial charge in [0, 0.05) is 18.8 Å². The number of ether oxygens (including phenoxy) is 1. The number of nitrogens with one attached hydrogen (secondary N) is 1. The van der Waals surface area contributed by atoms with Crippen molar-refractivity contribution in [1.29, 1.82) is 5.41 Å². The van der Waals surface area contributed by atoms with E-state index in [-0.39, 0.29) is 11.3 Å². The van der Waals surface area contributed by atoms with E-state index >= 15 is 0 Å². The molecule has 4 heteroatoms. The van der Waals surface area contributed by atoms with Gasteiger partial charge in [-0.15, -0.1) is 0 Å². The molecule has 3 rings (SSSR count). The minimum Gasteiger partial charge on any atom is -0.507 e. The molecule has 1 aromatic carbocycles. The van der Waals surface area contributed by atoms with Crippen molar-refractivity contribution >= 4 is 11.0 Å². The second kappa shape index (κ2) is 5.29. The number of phenols is 1. The molecule has 0 aliphatic carbocycles. The fourth-order valence-corrected chi connectivity index (χ4v) is 2.81. The fourth-order valence-electron chi connectivity index (χ4n) is 2.81. The third-order valence-electron chi connectivity index (χ3n) is 4.04. The number of rotatable bonds is 2. The average Bonchev–Trinajstić information content (AvgIpc) is 2.47. The smallest absolute Gasteiger partial charge is 0.215 e. The van der Waals surface area contributed by atoms with Crippen LogP contribution in [0.1, 0.15) is 36.8 Å². The van der Waals surface area contributed by atoms with Crippen molar-refractivity contribution in [2.24, 2.45) is 0 Å². The standard InChI is InChI=1S/C16H19NO3/c1-2-10-7-13-14(18)8-12(9-15(13)20-16(10)17)11-3-5-19-6-4-11/h7-9,11,17-18H,2-6H2,1H3. The summed E-state index contributed by atoms with van der Waals surface area (Å²) in [6.45, 7) is 3.50. The molecule has 1 fully saturated rings. The van der Waals surface area contributed by atoms with Gasteiger partial charge in [-0.3, -0.25) is 5.41 Å². The third kappa shape index (κ3) is 2.31. The maximum absolute atomic E-state index is 10.2. The normalized spacial score (nSPS) is 16.6. The monoisotopic (exact) mass is 273 g/mol. The van der Waals surface area contributed by atoms with Gasteiger partial charge in [0.15, 0.2) is 0 Å². The Labute approximate surface area is 117 Å². The molecule has 106 valence electrons. The zero-order valence-corrected chi connectivity index (χ0v) is 11.6. The van der Waals surface area contributed by atoms with Gasteiger partial charge in [-0.1, -0.05) is 6.92 Å². The van der Waals surface area contributed by atoms with E-state index in [4.69, 9.17) is 14.6 Å². The summed E-state index contributed by atoms with van der Waals surface area (Å²) in [6, 6.07) is 5.64. The predicted octanol–water partition coefficient (Wildman–Crippen LogP) is 3.07. The van der Waals surface area contributed by atoms with Crippen LogP contribution in [0, 0.1) is 5.41 Å². The Morgan fingerprint density at radius 2 is 2.00 bits per heavy atom. The lowest BCUT2D eigenvalue weighted by Gasteiger charge is -2.22. The van der Waals surface area contributed by atoms with Crippen LogP contribution >= 0.6 is 0 Å². The number of hydrogen-bond acceptors (Lipinski definition) is 4. The van der Waals surface area contributed by atoms with Gasteiger partial charge in [-0.05, 0) is 48.9 Å². The highest BCUT2D eigenvalue weighted by Gasteiger charge is 2.18. The van der Waals surface area contributed by atoms with E-state index in [2.05, 4.69) is 0 Å². The van der Waals surface area contributed by atoms with Gasteiger partial charge in [0.25, 0.3) is 0 Å². The van der Waals surface area contributed by atoms with Crippen LogP contribution in [0.5, 0.6) is 5.75 Å². The first-order valence-electron chi connectivity index (χ1n) is 7.11. The highest BCUT2D eigenvalue weighted by molar-refractivity contribution is 5.84. The second-order valence-corrected chi connectivity index (χ2v) is 5.29. The molecule has 1 saturated heterocycles. The lowest BCUT2D eigenvalue weighted by atomic mass is 9.91. The maximum Gasteiger partial charge on any atom is 0.215 e. The van der Waals surface area contributed by atoms with Crippen LogP contribution in [0.4, 0.5) is 0 Å². The van der Waals surface area contributed by atoms with Gasteiger partial charge in [0.05, 0.1) is 5.39 Å². The summed E-state index contributed by atoms with van der Waals surface area (Å²) in [6.07, 6.45) is 2.65. The van der Waals surface area contributed by atoms with E-state index in [1.807, 2.05) is 25.1 Å². The summed E-state index contributed by atoms with van der Waals surface area (Å²) in [5, 5.41) is 18.8. The van der Waals surface area contributed by atoms with Crippen LogP contribution in [-0.2, 0) is 11.2 Å². The third-order valence-corrected chi connectivity index (χ3v) is 4.04. The molecule has 2 N–H and O–H groups in total. The fraction of sp³-hybridized carbons (Fsp3) is 0.438. The van der Waals surface area contributed by atoms with Gasteiger partial charge < -0.3 is 14.3 Å². The Hall–Kier alpha value is -1.81. The Bertz CT molecular complexity index is 684. The number of benzene rings is 1. The number of aryl methyl sites for hydroxylation is 1. The number of phenolic OH excluding ortho intramolecular Hbond substituents is 1. The van der Waals surface area contributed by atoms with Crippen LogP contribution in [0.15, 0.2) is 22.6 Å². The van der Waals surface area contributed by atoms with Crippen LogP contribution in [-0.4, -0.2) is 18.3 Å². The summed E-state index contributed by atoms with van der Waals surface area (Å²) in [4.78, 5) is 0. The molecule has 2 aromatic rings. The molecule has 2 heterocycles. The average molecular weight is 273 g/mol. The van der Waals surface area contributed by atoms with Crippen LogP contribution in [0.3, 0.4) is 0 Å². The molecule has 1 aromatic heterocycles. The minimum absolute atomic E-state index is 0.184. The molecule has 4 nitrogen and oxygen atoms in total. The first-order chi connectivity index (χ1) is 9.69. The van der Waals surface area contributed by atoms with Crippen molar-refractivity contribution in [3.05, 3.63) is 34.9 Å². The van der Waals surface area contributed by atoms with Gasteiger partial charge in [0.2, 0.25) is 5.55 Å². The molecule has 0 amide bonds. The summed E-state index contributed by atoms with van der Waals surface area (Å²) < 4.78 is 10.9. The van der Waals surface area contributed by atoms with Crippen molar-refractivity contribution in [2.45, 2.75) is 32.1 Å². The zero-order chi connectivity index (χ0) is 14.1. The summed E-state index contributed by atoms with van der Waals surface area (Å²) in [5.74, 6) is 0.636. The van der Waals surface area contributed by atoms with Gasteiger partial charge in [0.1, 0.15) is 11.3 Å². The van der Waals surface area contributed by atoms with E-state index in [1.54, 1.807) is 0 Å². The van der Waals surface area contributed by atoms with E-state index < -0.39 is 0 Å². The molecule has 0 saturated carbocycles. The van der Waals surface area contributed by atoms with Crippen molar-refractivity contribution in [3.63, 3.8) is 0 Å². The number of hydrogen-bond donors (Lipinski definition) is 2. The summed E-state index contributed by atoms with van der Waals surface area (Å²) >= 11 is 0. The molecular weight excluding hydrogens is 254 g/mol. The van der Waals surface area contributed by atoms with E-state index in [0.717, 1.165) is 43.6 Å². The topological polar surface area (TPSA) is 66.5 Å². The SMILES string of the molecule is CCc1cc2c(O)cc(C3CCOCC3)cc2oc1=N. The van der Waals surface area contributed by atoms with E-state index in [1.165, 1.54) is 0 Å². The molecule has 1 aliphatic heterocycles. The molecule has 0 atom stereocenters. The minimum atomic E-state index is 0.184. The Balaban J connectivity index is 2.11. The van der Waals surface area contributed by atoms with Gasteiger partial charge in [-0.2, -0.15) is 0 Å². The Morgan fingerprint density at radius 1 is 1.25 bits per heavy atom. The van der Waals surface area contributed by atoms with Crippen molar-refractivity contribution < 1.29 is 14.3 Å². The van der Waals surface area contributed by atoms with Gasteiger partial charge in [-0.25, -0.2) is 0 Å². The van der Waals surface area contributed by atoms with Crippen LogP contribution in [0.25, 0.3) is 11.0 Å². The molecule has 0 bridgehead atoms. The van der Waals surface area contributed by atoms with Crippen LogP contribution < -0.4 is 5.55 Å². The maximum atomic E-state index is 10.2. The molecule has 0 radical (unpaired) electrons. The van der Waals surface area contributed by atoms with Crippen LogP contribution in [0.2, 0.25) is 0 Å². The van der Waals surface area contributed by atoms with Crippen molar-refractivity contribution in [2.75, 3.05) is 13.2 Å². The first kappa shape index (κ1) is 13.2. The first-order valence-corrected chi connectivity index (χ1v) is 7.11. The number of fused-ring (bicyclic) bond motifs is 1. The lowest BCUT2D eigenvalue weighted by Crippen LogP contribution is -2.14. The van der Waals surface area contributed by atoms with Crippen molar-refractivity contribution in [3.8, 4) is 5.75 Å². The van der Waals surface area contributed by atoms with E-state index in [9.17, 15) is 5.11 Å². The highest BCUT2D eigenvalue weighted by atomic mass is 16.5. The molecule has 20 heavy (non-hydrogen) atoms. The zero-order valence-electron chi connectivity index (χ0n) is 11.6. The van der Waals surface area contributed by atoms with Crippen molar-refractivity contribution in [1.82, 2.24) is 0 Å². The van der Waals surface area contributed by atoms with Gasteiger partial charge >= 0.3 is 0 Å². The molecular formula is C16H19NO3. The summed E-state index contributed by atoms with van der Waals surface area (Å²) in [5.41, 5.74) is 2.66. The second-order valence-electron chi connectivity index (χ2n) is 5.29. The highest BCUT2D eigenvalue weighted by Crippen LogP contribution is 2.33. The Kier molecular flexibility index (Phi) is 3.49. The largest absolute Gasteiger partial charge is 0.507 e. The summed E-state index contributed by atoms with van der Waals surface area (Å²) in [7, 11) is 0. The Morgan fingerprint density at radius 3 is 2.70 bits per heavy atom. The van der Waals surface area contributed by atoms with E-state index in [0.29, 0.717) is 16.9 Å². The predicted molar refractivity (Wildman–Crippen MR) is 75.9 cm³/mol. The molecule has 1 aliphatic rings. The molecule has 0 unspecified atom stereocenters.